The zero-order chi connectivity index (χ0) is 23.8. The maximum Gasteiger partial charge on any atom is 0.270 e. The molecule has 0 aliphatic rings. The Bertz CT molecular complexity index is 1260. The molecule has 0 aliphatic carbocycles. The molecule has 0 saturated heterocycles. The van der Waals surface area contributed by atoms with Gasteiger partial charge in [0.05, 0.1) is 28.5 Å². The number of aromatic nitrogens is 2. The molecular weight excluding hydrogens is 426 g/mol. The second-order valence-corrected chi connectivity index (χ2v) is 6.99. The lowest BCUT2D eigenvalue weighted by molar-refractivity contribution is -0.384. The SMILES string of the molecule is CCOc1ccc(-c2ccc(=O)n(CCCC(=O)Nc3ccc([N+](=O)[O-])cc3C#N)n2)cc1. The van der Waals surface area contributed by atoms with Crippen LogP contribution in [-0.4, -0.2) is 27.2 Å². The summed E-state index contributed by atoms with van der Waals surface area (Å²) in [4.78, 5) is 34.7. The van der Waals surface area contributed by atoms with E-state index in [1.54, 1.807) is 6.07 Å². The first kappa shape index (κ1) is 23.1. The fraction of sp³-hybridized carbons (Fsp3) is 0.217. The summed E-state index contributed by atoms with van der Waals surface area (Å²) < 4.78 is 6.72. The van der Waals surface area contributed by atoms with Crippen LogP contribution in [-0.2, 0) is 11.3 Å². The molecule has 3 aromatic rings. The summed E-state index contributed by atoms with van der Waals surface area (Å²) in [6, 6.07) is 15.9. The number of anilines is 1. The average Bonchev–Trinajstić information content (AvgIpc) is 2.81. The highest BCUT2D eigenvalue weighted by atomic mass is 16.6. The molecule has 33 heavy (non-hydrogen) atoms. The fourth-order valence-corrected chi connectivity index (χ4v) is 3.10. The van der Waals surface area contributed by atoms with Gasteiger partial charge >= 0.3 is 0 Å². The Morgan fingerprint density at radius 1 is 1.21 bits per heavy atom. The number of nitrogens with one attached hydrogen (secondary N) is 1. The predicted molar refractivity (Wildman–Crippen MR) is 121 cm³/mol. The molecule has 168 valence electrons. The number of carbonyl (C=O) groups excluding carboxylic acids is 1. The number of nitrogens with zero attached hydrogens (tertiary/aromatic N) is 4. The van der Waals surface area contributed by atoms with Crippen LogP contribution >= 0.6 is 0 Å². The van der Waals surface area contributed by atoms with Crippen molar-refractivity contribution in [2.45, 2.75) is 26.3 Å². The second-order valence-electron chi connectivity index (χ2n) is 6.99. The predicted octanol–water partition coefficient (Wildman–Crippen LogP) is 3.51. The van der Waals surface area contributed by atoms with Gasteiger partial charge in [0.2, 0.25) is 5.91 Å². The van der Waals surface area contributed by atoms with E-state index in [1.165, 1.54) is 22.9 Å². The van der Waals surface area contributed by atoms with E-state index in [9.17, 15) is 25.0 Å². The van der Waals surface area contributed by atoms with Gasteiger partial charge in [-0.2, -0.15) is 10.4 Å². The van der Waals surface area contributed by atoms with Gasteiger partial charge in [0.15, 0.2) is 0 Å². The molecule has 0 saturated carbocycles. The second kappa shape index (κ2) is 10.7. The Labute approximate surface area is 189 Å². The van der Waals surface area contributed by atoms with E-state index in [0.29, 0.717) is 18.7 Å². The number of ether oxygens (including phenoxy) is 1. The molecule has 10 nitrogen and oxygen atoms in total. The number of carbonyl (C=O) groups is 1. The van der Waals surface area contributed by atoms with Crippen LogP contribution < -0.4 is 15.6 Å². The third-order valence-corrected chi connectivity index (χ3v) is 4.71. The minimum Gasteiger partial charge on any atom is -0.494 e. The van der Waals surface area contributed by atoms with Crippen LogP contribution in [0.3, 0.4) is 0 Å². The van der Waals surface area contributed by atoms with Crippen LogP contribution in [0.2, 0.25) is 0 Å². The highest BCUT2D eigenvalue weighted by Gasteiger charge is 2.13. The molecular formula is C23H21N5O5. The van der Waals surface area contributed by atoms with Gasteiger partial charge in [0, 0.05) is 36.7 Å². The van der Waals surface area contributed by atoms with Crippen molar-refractivity contribution in [2.24, 2.45) is 0 Å². The Hall–Kier alpha value is -4.52. The lowest BCUT2D eigenvalue weighted by atomic mass is 10.1. The first-order chi connectivity index (χ1) is 15.9. The number of hydrogen-bond acceptors (Lipinski definition) is 7. The van der Waals surface area contributed by atoms with E-state index < -0.39 is 4.92 Å². The summed E-state index contributed by atoms with van der Waals surface area (Å²) in [5, 5.41) is 27.0. The monoisotopic (exact) mass is 447 g/mol. The van der Waals surface area contributed by atoms with Gasteiger partial charge in [-0.25, -0.2) is 4.68 Å². The van der Waals surface area contributed by atoms with Crippen LogP contribution in [0.1, 0.15) is 25.3 Å². The molecule has 1 heterocycles. The van der Waals surface area contributed by atoms with E-state index in [2.05, 4.69) is 10.4 Å². The first-order valence-corrected chi connectivity index (χ1v) is 10.2. The van der Waals surface area contributed by atoms with Gasteiger partial charge in [-0.1, -0.05) is 0 Å². The van der Waals surface area contributed by atoms with Crippen molar-refractivity contribution in [1.82, 2.24) is 9.78 Å². The molecule has 0 unspecified atom stereocenters. The highest BCUT2D eigenvalue weighted by Crippen LogP contribution is 2.22. The Morgan fingerprint density at radius 2 is 1.97 bits per heavy atom. The van der Waals surface area contributed by atoms with E-state index in [-0.39, 0.29) is 41.4 Å². The van der Waals surface area contributed by atoms with Crippen LogP contribution in [0.25, 0.3) is 11.3 Å². The van der Waals surface area contributed by atoms with Crippen molar-refractivity contribution >= 4 is 17.3 Å². The van der Waals surface area contributed by atoms with Crippen LogP contribution in [0, 0.1) is 21.4 Å². The van der Waals surface area contributed by atoms with E-state index in [1.807, 2.05) is 37.3 Å². The number of nitro groups is 1. The van der Waals surface area contributed by atoms with E-state index >= 15 is 0 Å². The number of aryl methyl sites for hydroxylation is 1. The summed E-state index contributed by atoms with van der Waals surface area (Å²) in [5.41, 5.74) is 1.12. The molecule has 0 atom stereocenters. The van der Waals surface area contributed by atoms with Crippen LogP contribution in [0.4, 0.5) is 11.4 Å². The van der Waals surface area contributed by atoms with Gasteiger partial charge in [-0.05, 0) is 49.7 Å². The molecule has 10 heteroatoms. The normalized spacial score (nSPS) is 10.3. The molecule has 0 aliphatic heterocycles. The van der Waals surface area contributed by atoms with Crippen molar-refractivity contribution in [3.05, 3.63) is 80.6 Å². The van der Waals surface area contributed by atoms with Crippen molar-refractivity contribution in [3.8, 4) is 23.1 Å². The Balaban J connectivity index is 1.62. The summed E-state index contributed by atoms with van der Waals surface area (Å²) >= 11 is 0. The first-order valence-electron chi connectivity index (χ1n) is 10.2. The van der Waals surface area contributed by atoms with Crippen molar-refractivity contribution in [1.29, 1.82) is 5.26 Å². The van der Waals surface area contributed by atoms with Gasteiger partial charge in [-0.15, -0.1) is 0 Å². The molecule has 1 aromatic heterocycles. The maximum atomic E-state index is 12.3. The zero-order valence-corrected chi connectivity index (χ0v) is 17.9. The molecule has 1 N–H and O–H groups in total. The number of nitro benzene ring substituents is 1. The third kappa shape index (κ3) is 6.01. The topological polar surface area (TPSA) is 140 Å². The number of amides is 1. The van der Waals surface area contributed by atoms with Crippen molar-refractivity contribution in [2.75, 3.05) is 11.9 Å². The zero-order valence-electron chi connectivity index (χ0n) is 17.9. The van der Waals surface area contributed by atoms with Crippen molar-refractivity contribution in [3.63, 3.8) is 0 Å². The summed E-state index contributed by atoms with van der Waals surface area (Å²) in [6.45, 7) is 2.69. The lowest BCUT2D eigenvalue weighted by Crippen LogP contribution is -2.23. The van der Waals surface area contributed by atoms with Gasteiger partial charge < -0.3 is 10.1 Å². The minimum atomic E-state index is -0.612. The van der Waals surface area contributed by atoms with Crippen LogP contribution in [0.5, 0.6) is 5.75 Å². The fourth-order valence-electron chi connectivity index (χ4n) is 3.10. The van der Waals surface area contributed by atoms with Gasteiger partial charge in [0.25, 0.3) is 11.2 Å². The average molecular weight is 447 g/mol. The number of rotatable bonds is 9. The van der Waals surface area contributed by atoms with Crippen LogP contribution in [0.15, 0.2) is 59.4 Å². The molecule has 0 bridgehead atoms. The molecule has 0 fully saturated rings. The van der Waals surface area contributed by atoms with Gasteiger partial charge in [-0.3, -0.25) is 19.7 Å². The third-order valence-electron chi connectivity index (χ3n) is 4.71. The number of benzene rings is 2. The highest BCUT2D eigenvalue weighted by molar-refractivity contribution is 5.92. The molecule has 3 rings (SSSR count). The maximum absolute atomic E-state index is 12.3. The summed E-state index contributed by atoms with van der Waals surface area (Å²) in [6.07, 6.45) is 0.406. The molecule has 2 aromatic carbocycles. The quantitative estimate of drug-likeness (QED) is 0.391. The largest absolute Gasteiger partial charge is 0.494 e. The summed E-state index contributed by atoms with van der Waals surface area (Å²) in [7, 11) is 0. The number of non-ortho nitro benzene ring substituents is 1. The number of hydrogen-bond donors (Lipinski definition) is 1. The van der Waals surface area contributed by atoms with Gasteiger partial charge in [0.1, 0.15) is 11.8 Å². The van der Waals surface area contributed by atoms with E-state index in [0.717, 1.165) is 17.4 Å². The minimum absolute atomic E-state index is 0.00140. The molecule has 0 spiro atoms. The molecule has 0 radical (unpaired) electrons. The Morgan fingerprint density at radius 3 is 2.64 bits per heavy atom. The van der Waals surface area contributed by atoms with Crippen molar-refractivity contribution < 1.29 is 14.5 Å². The lowest BCUT2D eigenvalue weighted by Gasteiger charge is -2.09. The Kier molecular flexibility index (Phi) is 7.49. The standard InChI is InChI=1S/C23H21N5O5/c1-2-33-19-8-5-16(6-9-19)21-11-12-23(30)27(26-21)13-3-4-22(29)25-20-10-7-18(28(31)32)14-17(20)15-24/h5-12,14H,2-4,13H2,1H3,(H,25,29). The molecule has 1 amide bonds. The summed E-state index contributed by atoms with van der Waals surface area (Å²) in [5.74, 6) is 0.365. The van der Waals surface area contributed by atoms with E-state index in [4.69, 9.17) is 4.74 Å². The number of nitriles is 1. The smallest absolute Gasteiger partial charge is 0.270 e.